The molecule has 0 aliphatic heterocycles. The second-order valence-electron chi connectivity index (χ2n) is 4.79. The number of hydrogen-bond acceptors (Lipinski definition) is 2. The molecule has 3 heteroatoms. The summed E-state index contributed by atoms with van der Waals surface area (Å²) in [6, 6.07) is 8.67. The van der Waals surface area contributed by atoms with Crippen molar-refractivity contribution in [2.75, 3.05) is 6.54 Å². The highest BCUT2D eigenvalue weighted by Gasteiger charge is 2.04. The highest BCUT2D eigenvalue weighted by Crippen LogP contribution is 2.03. The van der Waals surface area contributed by atoms with E-state index in [4.69, 9.17) is 0 Å². The molecular weight excluding hydrogens is 224 g/mol. The molecule has 1 amide bonds. The number of carbonyl (C=O) groups excluding carboxylic acids is 1. The first-order chi connectivity index (χ1) is 8.61. The van der Waals surface area contributed by atoms with Crippen molar-refractivity contribution in [3.8, 4) is 0 Å². The maximum Gasteiger partial charge on any atom is 0.221 e. The molecule has 3 nitrogen and oxygen atoms in total. The van der Waals surface area contributed by atoms with Gasteiger partial charge in [0.2, 0.25) is 5.91 Å². The molecule has 0 aliphatic carbocycles. The zero-order chi connectivity index (χ0) is 13.4. The van der Waals surface area contributed by atoms with Crippen LogP contribution in [0, 0.1) is 6.92 Å². The van der Waals surface area contributed by atoms with Gasteiger partial charge < -0.3 is 10.6 Å². The van der Waals surface area contributed by atoms with Crippen LogP contribution in [-0.4, -0.2) is 18.5 Å². The summed E-state index contributed by atoms with van der Waals surface area (Å²) in [6.45, 7) is 7.72. The molecule has 0 fully saturated rings. The van der Waals surface area contributed by atoms with Crippen LogP contribution < -0.4 is 10.6 Å². The van der Waals surface area contributed by atoms with Crippen LogP contribution in [0.5, 0.6) is 0 Å². The molecule has 0 radical (unpaired) electrons. The summed E-state index contributed by atoms with van der Waals surface area (Å²) >= 11 is 0. The van der Waals surface area contributed by atoms with Crippen molar-refractivity contribution < 1.29 is 4.79 Å². The van der Waals surface area contributed by atoms with Crippen LogP contribution in [0.1, 0.15) is 37.8 Å². The van der Waals surface area contributed by atoms with Gasteiger partial charge in [0.25, 0.3) is 0 Å². The van der Waals surface area contributed by atoms with Gasteiger partial charge in [0.05, 0.1) is 0 Å². The van der Waals surface area contributed by atoms with Gasteiger partial charge in [0.1, 0.15) is 0 Å². The Morgan fingerprint density at radius 3 is 2.83 bits per heavy atom. The second-order valence-corrected chi connectivity index (χ2v) is 4.79. The van der Waals surface area contributed by atoms with Crippen LogP contribution in [0.3, 0.4) is 0 Å². The van der Waals surface area contributed by atoms with Gasteiger partial charge in [-0.2, -0.15) is 0 Å². The van der Waals surface area contributed by atoms with Crippen LogP contribution in [0.25, 0.3) is 0 Å². The highest BCUT2D eigenvalue weighted by molar-refractivity contribution is 5.76. The third-order valence-corrected chi connectivity index (χ3v) is 2.96. The zero-order valence-electron chi connectivity index (χ0n) is 11.6. The number of carbonyl (C=O) groups is 1. The highest BCUT2D eigenvalue weighted by atomic mass is 16.1. The van der Waals surface area contributed by atoms with Crippen LogP contribution in [-0.2, 0) is 11.3 Å². The van der Waals surface area contributed by atoms with Crippen molar-refractivity contribution in [3.05, 3.63) is 35.4 Å². The molecule has 1 rings (SSSR count). The van der Waals surface area contributed by atoms with Gasteiger partial charge in [0.15, 0.2) is 0 Å². The molecule has 0 bridgehead atoms. The number of aryl methyl sites for hydroxylation is 1. The van der Waals surface area contributed by atoms with Crippen LogP contribution >= 0.6 is 0 Å². The van der Waals surface area contributed by atoms with E-state index in [-0.39, 0.29) is 11.9 Å². The Balaban J connectivity index is 2.17. The molecule has 0 saturated heterocycles. The van der Waals surface area contributed by atoms with Gasteiger partial charge in [-0.3, -0.25) is 4.79 Å². The van der Waals surface area contributed by atoms with Crippen molar-refractivity contribution in [3.63, 3.8) is 0 Å². The molecule has 1 unspecified atom stereocenters. The molecule has 0 aliphatic rings. The van der Waals surface area contributed by atoms with Crippen molar-refractivity contribution in [2.24, 2.45) is 0 Å². The molecule has 0 heterocycles. The molecule has 0 aromatic heterocycles. The first-order valence-corrected chi connectivity index (χ1v) is 6.67. The monoisotopic (exact) mass is 248 g/mol. The number of amides is 1. The lowest BCUT2D eigenvalue weighted by atomic mass is 10.1. The fraction of sp³-hybridized carbons (Fsp3) is 0.533. The SMILES string of the molecule is CCC(C)NC(=O)CCNCc1cccc(C)c1. The molecule has 0 saturated carbocycles. The summed E-state index contributed by atoms with van der Waals surface area (Å²) in [5.74, 6) is 0.126. The smallest absolute Gasteiger partial charge is 0.221 e. The fourth-order valence-electron chi connectivity index (χ4n) is 1.71. The summed E-state index contributed by atoms with van der Waals surface area (Å²) in [4.78, 5) is 11.5. The topological polar surface area (TPSA) is 41.1 Å². The Labute approximate surface area is 110 Å². The fourth-order valence-corrected chi connectivity index (χ4v) is 1.71. The van der Waals surface area contributed by atoms with Crippen molar-refractivity contribution in [2.45, 2.75) is 46.2 Å². The molecule has 1 aromatic carbocycles. The van der Waals surface area contributed by atoms with E-state index < -0.39 is 0 Å². The van der Waals surface area contributed by atoms with Crippen LogP contribution in [0.15, 0.2) is 24.3 Å². The maximum atomic E-state index is 11.5. The van der Waals surface area contributed by atoms with E-state index in [2.05, 4.69) is 48.7 Å². The minimum Gasteiger partial charge on any atom is -0.354 e. The Morgan fingerprint density at radius 2 is 2.17 bits per heavy atom. The lowest BCUT2D eigenvalue weighted by Crippen LogP contribution is -2.33. The van der Waals surface area contributed by atoms with Gasteiger partial charge in [-0.05, 0) is 25.8 Å². The molecule has 18 heavy (non-hydrogen) atoms. The first-order valence-electron chi connectivity index (χ1n) is 6.67. The normalized spacial score (nSPS) is 12.2. The summed E-state index contributed by atoms with van der Waals surface area (Å²) < 4.78 is 0. The van der Waals surface area contributed by atoms with E-state index in [0.717, 1.165) is 19.5 Å². The van der Waals surface area contributed by atoms with Gasteiger partial charge in [-0.1, -0.05) is 36.8 Å². The second kappa shape index (κ2) is 7.88. The van der Waals surface area contributed by atoms with E-state index in [1.54, 1.807) is 0 Å². The van der Waals surface area contributed by atoms with Gasteiger partial charge in [-0.25, -0.2) is 0 Å². The lowest BCUT2D eigenvalue weighted by molar-refractivity contribution is -0.121. The summed E-state index contributed by atoms with van der Waals surface area (Å²) in [6.07, 6.45) is 1.51. The van der Waals surface area contributed by atoms with Crippen LogP contribution in [0.4, 0.5) is 0 Å². The summed E-state index contributed by atoms with van der Waals surface area (Å²) in [5, 5.41) is 6.25. The third-order valence-electron chi connectivity index (χ3n) is 2.96. The van der Waals surface area contributed by atoms with E-state index >= 15 is 0 Å². The standard InChI is InChI=1S/C15H24N2O/c1-4-13(3)17-15(18)8-9-16-11-14-7-5-6-12(2)10-14/h5-7,10,13,16H,4,8-9,11H2,1-3H3,(H,17,18). The largest absolute Gasteiger partial charge is 0.354 e. The summed E-state index contributed by atoms with van der Waals surface area (Å²) in [5.41, 5.74) is 2.53. The van der Waals surface area contributed by atoms with E-state index in [1.165, 1.54) is 11.1 Å². The average Bonchev–Trinajstić information content (AvgIpc) is 2.34. The van der Waals surface area contributed by atoms with Gasteiger partial charge >= 0.3 is 0 Å². The number of rotatable bonds is 7. The Bertz CT molecular complexity index is 377. The minimum absolute atomic E-state index is 0.126. The number of nitrogens with one attached hydrogen (secondary N) is 2. The summed E-state index contributed by atoms with van der Waals surface area (Å²) in [7, 11) is 0. The molecule has 0 spiro atoms. The lowest BCUT2D eigenvalue weighted by Gasteiger charge is -2.11. The Hall–Kier alpha value is -1.35. The van der Waals surface area contributed by atoms with E-state index in [1.807, 2.05) is 6.92 Å². The van der Waals surface area contributed by atoms with Gasteiger partial charge in [-0.15, -0.1) is 0 Å². The maximum absolute atomic E-state index is 11.5. The average molecular weight is 248 g/mol. The van der Waals surface area contributed by atoms with Gasteiger partial charge in [0, 0.05) is 25.6 Å². The first kappa shape index (κ1) is 14.7. The third kappa shape index (κ3) is 5.82. The molecular formula is C15H24N2O. The number of hydrogen-bond donors (Lipinski definition) is 2. The van der Waals surface area contributed by atoms with Crippen LogP contribution in [0.2, 0.25) is 0 Å². The predicted octanol–water partition coefficient (Wildman–Crippen LogP) is 2.39. The van der Waals surface area contributed by atoms with E-state index in [0.29, 0.717) is 6.42 Å². The van der Waals surface area contributed by atoms with Crippen molar-refractivity contribution >= 4 is 5.91 Å². The van der Waals surface area contributed by atoms with Crippen molar-refractivity contribution in [1.82, 2.24) is 10.6 Å². The predicted molar refractivity (Wildman–Crippen MR) is 75.4 cm³/mol. The molecule has 1 atom stereocenters. The quantitative estimate of drug-likeness (QED) is 0.727. The Kier molecular flexibility index (Phi) is 6.44. The molecule has 2 N–H and O–H groups in total. The Morgan fingerprint density at radius 1 is 1.39 bits per heavy atom. The van der Waals surface area contributed by atoms with Crippen molar-refractivity contribution in [1.29, 1.82) is 0 Å². The van der Waals surface area contributed by atoms with E-state index in [9.17, 15) is 4.79 Å². The molecule has 100 valence electrons. The zero-order valence-corrected chi connectivity index (χ0v) is 11.6. The minimum atomic E-state index is 0.126. The molecule has 1 aromatic rings. The number of benzene rings is 1.